The van der Waals surface area contributed by atoms with Gasteiger partial charge in [0.1, 0.15) is 0 Å². The molecular weight excluding hydrogens is 593 g/mol. The predicted octanol–water partition coefficient (Wildman–Crippen LogP) is 12.5. The van der Waals surface area contributed by atoms with Crippen molar-refractivity contribution in [1.82, 2.24) is 9.13 Å². The lowest BCUT2D eigenvalue weighted by Gasteiger charge is -2.35. The average molecular weight is 625 g/mol. The van der Waals surface area contributed by atoms with Crippen LogP contribution in [0.1, 0.15) is 25.0 Å². The van der Waals surface area contributed by atoms with E-state index in [2.05, 4.69) is 181 Å². The number of benzene rings is 8. The summed E-state index contributed by atoms with van der Waals surface area (Å²) in [6.07, 6.45) is 0. The van der Waals surface area contributed by atoms with Gasteiger partial charge in [-0.3, -0.25) is 0 Å². The lowest BCUT2D eigenvalue weighted by atomic mass is 9.68. The summed E-state index contributed by atoms with van der Waals surface area (Å²) in [6, 6.07) is 58.5. The molecule has 0 bridgehead atoms. The molecule has 2 aromatic heterocycles. The van der Waals surface area contributed by atoms with Crippen molar-refractivity contribution in [1.29, 1.82) is 0 Å². The minimum atomic E-state index is -0.0928. The minimum Gasteiger partial charge on any atom is -0.309 e. The summed E-state index contributed by atoms with van der Waals surface area (Å²) < 4.78 is 4.92. The van der Waals surface area contributed by atoms with Gasteiger partial charge in [-0.2, -0.15) is 0 Å². The molecule has 0 fully saturated rings. The molecule has 0 amide bonds. The second-order valence-corrected chi connectivity index (χ2v) is 14.1. The lowest BCUT2D eigenvalue weighted by molar-refractivity contribution is 0.645. The highest BCUT2D eigenvalue weighted by Crippen LogP contribution is 2.53. The Bertz CT molecular complexity index is 2950. The van der Waals surface area contributed by atoms with Gasteiger partial charge in [0.15, 0.2) is 0 Å². The van der Waals surface area contributed by atoms with Crippen LogP contribution in [0.3, 0.4) is 0 Å². The zero-order chi connectivity index (χ0) is 32.4. The molecule has 1 aliphatic rings. The summed E-state index contributed by atoms with van der Waals surface area (Å²) in [5.74, 6) is 0. The zero-order valence-corrected chi connectivity index (χ0v) is 27.4. The smallest absolute Gasteiger partial charge is 0.0619 e. The molecule has 0 spiro atoms. The second-order valence-electron chi connectivity index (χ2n) is 14.1. The van der Waals surface area contributed by atoms with Crippen molar-refractivity contribution in [3.63, 3.8) is 0 Å². The Morgan fingerprint density at radius 3 is 1.76 bits per heavy atom. The van der Waals surface area contributed by atoms with E-state index in [4.69, 9.17) is 0 Å². The molecule has 0 saturated carbocycles. The van der Waals surface area contributed by atoms with Crippen LogP contribution in [0.2, 0.25) is 0 Å². The maximum Gasteiger partial charge on any atom is 0.0619 e. The molecule has 0 N–H and O–H groups in total. The normalized spacial score (nSPS) is 13.7. The molecule has 2 heterocycles. The van der Waals surface area contributed by atoms with Gasteiger partial charge in [-0.15, -0.1) is 0 Å². The molecule has 2 nitrogen and oxygen atoms in total. The minimum absolute atomic E-state index is 0.0928. The fraction of sp³-hybridized carbons (Fsp3) is 0.0638. The Morgan fingerprint density at radius 1 is 0.408 bits per heavy atom. The van der Waals surface area contributed by atoms with Gasteiger partial charge in [-0.05, 0) is 75.3 Å². The van der Waals surface area contributed by atoms with Gasteiger partial charge in [-0.1, -0.05) is 129 Å². The van der Waals surface area contributed by atoms with E-state index in [1.54, 1.807) is 0 Å². The topological polar surface area (TPSA) is 9.86 Å². The molecule has 2 heteroatoms. The van der Waals surface area contributed by atoms with Gasteiger partial charge in [0.25, 0.3) is 0 Å². The number of para-hydroxylation sites is 2. The molecule has 1 aliphatic carbocycles. The molecule has 0 unspecified atom stereocenters. The Kier molecular flexibility index (Phi) is 5.21. The van der Waals surface area contributed by atoms with E-state index in [0.29, 0.717) is 0 Å². The summed E-state index contributed by atoms with van der Waals surface area (Å²) in [7, 11) is 0. The predicted molar refractivity (Wildman–Crippen MR) is 208 cm³/mol. The number of nitrogens with zero attached hydrogens (tertiary/aromatic N) is 2. The monoisotopic (exact) mass is 624 g/mol. The van der Waals surface area contributed by atoms with Crippen LogP contribution < -0.4 is 0 Å². The first kappa shape index (κ1) is 26.9. The SMILES string of the molecule is CC1(C)c2ccccc2-c2c3c1cccc3cc1c2c2ccc3ccccc3c2n1-c1ccc(-n2c3ccccc3c3ccccc32)cc1. The van der Waals surface area contributed by atoms with Crippen molar-refractivity contribution >= 4 is 65.2 Å². The van der Waals surface area contributed by atoms with Crippen LogP contribution in [0.5, 0.6) is 0 Å². The summed E-state index contributed by atoms with van der Waals surface area (Å²) in [6.45, 7) is 4.76. The molecule has 49 heavy (non-hydrogen) atoms. The van der Waals surface area contributed by atoms with E-state index in [9.17, 15) is 0 Å². The Balaban J connectivity index is 1.26. The highest BCUT2D eigenvalue weighted by atomic mass is 15.0. The van der Waals surface area contributed by atoms with Crippen molar-refractivity contribution in [3.05, 3.63) is 169 Å². The van der Waals surface area contributed by atoms with Gasteiger partial charge in [0.05, 0.1) is 22.1 Å². The first-order valence-corrected chi connectivity index (χ1v) is 17.2. The van der Waals surface area contributed by atoms with Gasteiger partial charge in [-0.25, -0.2) is 0 Å². The van der Waals surface area contributed by atoms with Crippen LogP contribution in [0.15, 0.2) is 158 Å². The lowest BCUT2D eigenvalue weighted by Crippen LogP contribution is -2.23. The summed E-state index contributed by atoms with van der Waals surface area (Å²) in [5.41, 5.74) is 12.7. The maximum absolute atomic E-state index is 2.52. The van der Waals surface area contributed by atoms with Gasteiger partial charge >= 0.3 is 0 Å². The number of rotatable bonds is 2. The highest BCUT2D eigenvalue weighted by Gasteiger charge is 2.35. The van der Waals surface area contributed by atoms with E-state index in [0.717, 1.165) is 11.4 Å². The first-order chi connectivity index (χ1) is 24.1. The second kappa shape index (κ2) is 9.49. The Morgan fingerprint density at radius 2 is 1.00 bits per heavy atom. The van der Waals surface area contributed by atoms with Crippen LogP contribution in [0.25, 0.3) is 87.7 Å². The van der Waals surface area contributed by atoms with Crippen LogP contribution >= 0.6 is 0 Å². The third-order valence-electron chi connectivity index (χ3n) is 11.3. The first-order valence-electron chi connectivity index (χ1n) is 17.2. The van der Waals surface area contributed by atoms with Crippen LogP contribution in [-0.4, -0.2) is 9.13 Å². The fourth-order valence-corrected chi connectivity index (χ4v) is 9.11. The van der Waals surface area contributed by atoms with Crippen LogP contribution in [0, 0.1) is 0 Å². The van der Waals surface area contributed by atoms with Crippen LogP contribution in [-0.2, 0) is 5.41 Å². The number of fused-ring (bicyclic) bond motifs is 11. The molecule has 0 saturated heterocycles. The van der Waals surface area contributed by atoms with E-state index in [1.165, 1.54) is 87.4 Å². The van der Waals surface area contributed by atoms with Crippen molar-refractivity contribution in [3.8, 4) is 22.5 Å². The van der Waals surface area contributed by atoms with E-state index >= 15 is 0 Å². The zero-order valence-electron chi connectivity index (χ0n) is 27.4. The third-order valence-corrected chi connectivity index (χ3v) is 11.3. The highest BCUT2D eigenvalue weighted by molar-refractivity contribution is 6.28. The van der Waals surface area contributed by atoms with Crippen LogP contribution in [0.4, 0.5) is 0 Å². The van der Waals surface area contributed by atoms with Gasteiger partial charge in [0.2, 0.25) is 0 Å². The van der Waals surface area contributed by atoms with E-state index in [-0.39, 0.29) is 5.41 Å². The number of hydrogen-bond donors (Lipinski definition) is 0. The van der Waals surface area contributed by atoms with Crippen molar-refractivity contribution < 1.29 is 0 Å². The molecule has 8 aromatic carbocycles. The van der Waals surface area contributed by atoms with Crippen molar-refractivity contribution in [2.24, 2.45) is 0 Å². The summed E-state index contributed by atoms with van der Waals surface area (Å²) in [5, 5.41) is 10.4. The van der Waals surface area contributed by atoms with E-state index < -0.39 is 0 Å². The average Bonchev–Trinajstić information content (AvgIpc) is 3.66. The molecule has 10 aromatic rings. The van der Waals surface area contributed by atoms with Crippen molar-refractivity contribution in [2.45, 2.75) is 19.3 Å². The standard InChI is InChI=1S/C47H32N2/c1-47(2)38-18-8-5-17-36(38)45-43-30(13-11-19-39(43)47)28-42-44(45)37-27-22-29-12-3-4-14-33(29)46(37)49(42)32-25-23-31(24-26-32)48-40-20-9-6-15-34(40)35-16-7-10-21-41(35)48/h3-28H,1-2H3. The summed E-state index contributed by atoms with van der Waals surface area (Å²) >= 11 is 0. The maximum atomic E-state index is 2.52. The van der Waals surface area contributed by atoms with Crippen molar-refractivity contribution in [2.75, 3.05) is 0 Å². The van der Waals surface area contributed by atoms with Gasteiger partial charge in [0, 0.05) is 49.3 Å². The molecule has 0 aliphatic heterocycles. The molecule has 230 valence electrons. The number of hydrogen-bond acceptors (Lipinski definition) is 0. The largest absolute Gasteiger partial charge is 0.309 e. The molecular formula is C47H32N2. The number of aromatic nitrogens is 2. The van der Waals surface area contributed by atoms with E-state index in [1.807, 2.05) is 0 Å². The Labute approximate surface area is 284 Å². The van der Waals surface area contributed by atoms with Gasteiger partial charge < -0.3 is 9.13 Å². The summed E-state index contributed by atoms with van der Waals surface area (Å²) in [4.78, 5) is 0. The molecule has 0 radical (unpaired) electrons. The Hall–Kier alpha value is -6.12. The molecule has 11 rings (SSSR count). The molecule has 0 atom stereocenters. The quantitative estimate of drug-likeness (QED) is 0.181. The fourth-order valence-electron chi connectivity index (χ4n) is 9.11. The third kappa shape index (κ3) is 3.45.